The zero-order valence-corrected chi connectivity index (χ0v) is 23.9. The lowest BCUT2D eigenvalue weighted by molar-refractivity contribution is -0.143. The minimum atomic E-state index is -1.29. The Kier molecular flexibility index (Phi) is 9.24. The van der Waals surface area contributed by atoms with Crippen molar-refractivity contribution in [2.75, 3.05) is 6.54 Å². The van der Waals surface area contributed by atoms with E-state index < -0.39 is 42.0 Å². The first-order valence-electron chi connectivity index (χ1n) is 14.4. The minimum Gasteiger partial charge on any atom is -0.508 e. The van der Waals surface area contributed by atoms with E-state index in [-0.39, 0.29) is 30.9 Å². The molecule has 3 heterocycles. The lowest BCUT2D eigenvalue weighted by Gasteiger charge is -2.28. The summed E-state index contributed by atoms with van der Waals surface area (Å²) in [5.41, 5.74) is 9.34. The molecule has 4 atom stereocenters. The number of rotatable bonds is 12. The number of benzene rings is 2. The number of para-hydroxylation sites is 1. The van der Waals surface area contributed by atoms with Gasteiger partial charge < -0.3 is 41.4 Å². The Morgan fingerprint density at radius 3 is 2.50 bits per heavy atom. The Balaban J connectivity index is 1.27. The highest BCUT2D eigenvalue weighted by molar-refractivity contribution is 5.95. The van der Waals surface area contributed by atoms with Crippen molar-refractivity contribution >= 4 is 34.6 Å². The maximum atomic E-state index is 13.6. The van der Waals surface area contributed by atoms with Crippen LogP contribution in [0.15, 0.2) is 67.3 Å². The summed E-state index contributed by atoms with van der Waals surface area (Å²) in [6.45, 7) is 0.351. The largest absolute Gasteiger partial charge is 0.508 e. The van der Waals surface area contributed by atoms with E-state index in [2.05, 4.69) is 25.6 Å². The van der Waals surface area contributed by atoms with Gasteiger partial charge in [-0.25, -0.2) is 9.78 Å². The van der Waals surface area contributed by atoms with Gasteiger partial charge in [-0.3, -0.25) is 14.4 Å². The molecular formula is C31H35N7O6. The third-order valence-electron chi connectivity index (χ3n) is 7.87. The average molecular weight is 602 g/mol. The van der Waals surface area contributed by atoms with E-state index in [4.69, 9.17) is 5.73 Å². The maximum absolute atomic E-state index is 13.6. The van der Waals surface area contributed by atoms with E-state index >= 15 is 0 Å². The molecule has 0 saturated carbocycles. The van der Waals surface area contributed by atoms with Crippen LogP contribution in [0.5, 0.6) is 5.75 Å². The van der Waals surface area contributed by atoms with Gasteiger partial charge in [0, 0.05) is 48.4 Å². The summed E-state index contributed by atoms with van der Waals surface area (Å²) < 4.78 is 0. The Morgan fingerprint density at radius 2 is 1.77 bits per heavy atom. The average Bonchev–Trinajstić information content (AvgIpc) is 3.79. The lowest BCUT2D eigenvalue weighted by Crippen LogP contribution is -2.57. The SMILES string of the molecule is NC(Cc1c[nH]c2ccccc12)C(=O)N1CCCC1C(=O)NC(Cc1cnc[nH]1)C(=O)NC(Cc1ccc(O)cc1)C(=O)O. The van der Waals surface area contributed by atoms with Gasteiger partial charge in [-0.1, -0.05) is 30.3 Å². The number of aliphatic carboxylic acids is 1. The molecule has 0 radical (unpaired) electrons. The number of H-pyrrole nitrogens is 2. The number of phenols is 1. The molecule has 0 aliphatic carbocycles. The summed E-state index contributed by atoms with van der Waals surface area (Å²) >= 11 is 0. The van der Waals surface area contributed by atoms with Crippen molar-refractivity contribution in [3.8, 4) is 5.75 Å². The topological polar surface area (TPSA) is 207 Å². The normalized spacial score (nSPS) is 16.8. The fourth-order valence-corrected chi connectivity index (χ4v) is 5.57. The molecule has 2 aromatic carbocycles. The summed E-state index contributed by atoms with van der Waals surface area (Å²) in [6, 6.07) is 9.56. The van der Waals surface area contributed by atoms with Crippen molar-refractivity contribution in [1.82, 2.24) is 30.5 Å². The number of likely N-dealkylation sites (tertiary alicyclic amines) is 1. The molecular weight excluding hydrogens is 566 g/mol. The number of hydrogen-bond acceptors (Lipinski definition) is 7. The molecule has 3 amide bonds. The Hall–Kier alpha value is -5.17. The number of aromatic nitrogens is 3. The van der Waals surface area contributed by atoms with Gasteiger partial charge in [0.15, 0.2) is 0 Å². The third-order valence-corrected chi connectivity index (χ3v) is 7.87. The molecule has 13 nitrogen and oxygen atoms in total. The van der Waals surface area contributed by atoms with Gasteiger partial charge in [-0.2, -0.15) is 0 Å². The van der Waals surface area contributed by atoms with Crippen LogP contribution in [0.4, 0.5) is 0 Å². The molecule has 1 fully saturated rings. The number of carboxylic acids is 1. The van der Waals surface area contributed by atoms with Crippen molar-refractivity contribution in [1.29, 1.82) is 0 Å². The number of carboxylic acid groups (broad SMARTS) is 1. The highest BCUT2D eigenvalue weighted by atomic mass is 16.4. The highest BCUT2D eigenvalue weighted by Crippen LogP contribution is 2.22. The van der Waals surface area contributed by atoms with Crippen LogP contribution in [0.25, 0.3) is 10.9 Å². The second-order valence-electron chi connectivity index (χ2n) is 11.0. The van der Waals surface area contributed by atoms with Crippen molar-refractivity contribution in [3.05, 3.63) is 84.1 Å². The number of nitrogens with one attached hydrogen (secondary N) is 4. The van der Waals surface area contributed by atoms with Crippen LogP contribution in [-0.2, 0) is 38.4 Å². The minimum absolute atomic E-state index is 0.0177. The lowest BCUT2D eigenvalue weighted by atomic mass is 10.0. The predicted octanol–water partition coefficient (Wildman–Crippen LogP) is 0.997. The molecule has 4 aromatic rings. The molecule has 2 aromatic heterocycles. The monoisotopic (exact) mass is 601 g/mol. The molecule has 230 valence electrons. The second kappa shape index (κ2) is 13.4. The van der Waals surface area contributed by atoms with Crippen LogP contribution < -0.4 is 16.4 Å². The number of carbonyl (C=O) groups is 4. The summed E-state index contributed by atoms with van der Waals surface area (Å²) in [5, 5.41) is 25.6. The van der Waals surface area contributed by atoms with Gasteiger partial charge >= 0.3 is 5.97 Å². The second-order valence-corrected chi connectivity index (χ2v) is 11.0. The fourth-order valence-electron chi connectivity index (χ4n) is 5.57. The van der Waals surface area contributed by atoms with Crippen LogP contribution >= 0.6 is 0 Å². The molecule has 1 aliphatic heterocycles. The standard InChI is InChI=1S/C31H35N7O6/c32-23(13-19-15-34-24-5-2-1-4-22(19)24)30(42)38-11-3-6-27(38)29(41)36-25(14-20-16-33-17-35-20)28(40)37-26(31(43)44)12-18-7-9-21(39)10-8-18/h1-2,4-5,7-10,15-17,23,25-27,34,39H,3,6,11-14,32H2,(H,33,35)(H,36,41)(H,37,40)(H,43,44). The first-order chi connectivity index (χ1) is 21.2. The molecule has 4 unspecified atom stereocenters. The molecule has 1 aliphatic rings. The van der Waals surface area contributed by atoms with Gasteiger partial charge in [0.2, 0.25) is 17.7 Å². The summed E-state index contributed by atoms with van der Waals surface area (Å²) in [5.74, 6) is -2.81. The van der Waals surface area contributed by atoms with Crippen LogP contribution in [0, 0.1) is 0 Å². The van der Waals surface area contributed by atoms with E-state index in [1.807, 2.05) is 30.5 Å². The number of amides is 3. The molecule has 0 bridgehead atoms. The maximum Gasteiger partial charge on any atom is 0.326 e. The van der Waals surface area contributed by atoms with E-state index in [1.54, 1.807) is 12.1 Å². The van der Waals surface area contributed by atoms with Gasteiger partial charge in [-0.05, 0) is 48.6 Å². The summed E-state index contributed by atoms with van der Waals surface area (Å²) in [6.07, 6.45) is 6.03. The van der Waals surface area contributed by atoms with Crippen molar-refractivity contribution < 1.29 is 29.4 Å². The van der Waals surface area contributed by atoms with Crippen LogP contribution in [0.2, 0.25) is 0 Å². The third kappa shape index (κ3) is 7.06. The number of nitrogens with two attached hydrogens (primary N) is 1. The van der Waals surface area contributed by atoms with E-state index in [9.17, 15) is 29.4 Å². The number of nitrogens with zero attached hydrogens (tertiary/aromatic N) is 2. The molecule has 5 rings (SSSR count). The summed E-state index contributed by atoms with van der Waals surface area (Å²) in [7, 11) is 0. The van der Waals surface area contributed by atoms with Crippen LogP contribution in [-0.4, -0.2) is 84.5 Å². The van der Waals surface area contributed by atoms with E-state index in [0.717, 1.165) is 16.5 Å². The number of carbonyl (C=O) groups excluding carboxylic acids is 3. The molecule has 13 heteroatoms. The number of aromatic amines is 2. The van der Waals surface area contributed by atoms with E-state index in [1.165, 1.54) is 29.6 Å². The number of fused-ring (bicyclic) bond motifs is 1. The van der Waals surface area contributed by atoms with Crippen LogP contribution in [0.1, 0.15) is 29.7 Å². The smallest absolute Gasteiger partial charge is 0.326 e. The van der Waals surface area contributed by atoms with Gasteiger partial charge in [0.25, 0.3) is 0 Å². The number of imidazole rings is 1. The van der Waals surface area contributed by atoms with Gasteiger partial charge in [-0.15, -0.1) is 0 Å². The van der Waals surface area contributed by atoms with Crippen molar-refractivity contribution in [3.63, 3.8) is 0 Å². The number of phenolic OH excluding ortho intramolecular Hbond substituents is 1. The zero-order chi connectivity index (χ0) is 31.2. The Bertz CT molecular complexity index is 1620. The first-order valence-corrected chi connectivity index (χ1v) is 14.4. The Labute approximate surface area is 252 Å². The Morgan fingerprint density at radius 1 is 1.00 bits per heavy atom. The highest BCUT2D eigenvalue weighted by Gasteiger charge is 2.38. The van der Waals surface area contributed by atoms with E-state index in [0.29, 0.717) is 30.6 Å². The number of aromatic hydroxyl groups is 1. The molecule has 0 spiro atoms. The van der Waals surface area contributed by atoms with Crippen LogP contribution in [0.3, 0.4) is 0 Å². The van der Waals surface area contributed by atoms with Gasteiger partial charge in [0.05, 0.1) is 12.4 Å². The number of hydrogen-bond donors (Lipinski definition) is 7. The zero-order valence-electron chi connectivity index (χ0n) is 23.9. The van der Waals surface area contributed by atoms with Crippen molar-refractivity contribution in [2.45, 2.75) is 56.3 Å². The first kappa shape index (κ1) is 30.3. The predicted molar refractivity (Wildman–Crippen MR) is 160 cm³/mol. The molecule has 1 saturated heterocycles. The van der Waals surface area contributed by atoms with Gasteiger partial charge in [0.1, 0.15) is 23.9 Å². The van der Waals surface area contributed by atoms with Crippen molar-refractivity contribution in [2.24, 2.45) is 5.73 Å². The summed E-state index contributed by atoms with van der Waals surface area (Å²) in [4.78, 5) is 64.0. The quantitative estimate of drug-likeness (QED) is 0.124. The fraction of sp³-hybridized carbons (Fsp3) is 0.323. The molecule has 44 heavy (non-hydrogen) atoms. The molecule has 8 N–H and O–H groups in total.